The van der Waals surface area contributed by atoms with Crippen molar-refractivity contribution in [1.82, 2.24) is 19.7 Å². The van der Waals surface area contributed by atoms with Crippen LogP contribution in [-0.2, 0) is 16.1 Å². The molecule has 3 aliphatic heterocycles. The minimum atomic E-state index is -0.153. The summed E-state index contributed by atoms with van der Waals surface area (Å²) in [5.41, 5.74) is 4.42. The first kappa shape index (κ1) is 24.0. The molecule has 1 N–H and O–H groups in total. The predicted molar refractivity (Wildman–Crippen MR) is 147 cm³/mol. The number of benzene rings is 2. The topological polar surface area (TPSA) is 59.7 Å². The summed E-state index contributed by atoms with van der Waals surface area (Å²) in [7, 11) is 0. The van der Waals surface area contributed by atoms with Gasteiger partial charge in [-0.25, -0.2) is 0 Å². The quantitative estimate of drug-likeness (QED) is 0.536. The molecule has 0 radical (unpaired) electrons. The van der Waals surface area contributed by atoms with Crippen LogP contribution in [0.4, 0.5) is 0 Å². The molecule has 4 heterocycles. The number of amides is 2. The van der Waals surface area contributed by atoms with E-state index in [1.165, 1.54) is 11.1 Å². The Balaban J connectivity index is 1.16. The Labute approximate surface area is 218 Å². The number of aryl methyl sites for hydroxylation is 1. The van der Waals surface area contributed by atoms with E-state index < -0.39 is 0 Å². The Morgan fingerprint density at radius 1 is 1.05 bits per heavy atom. The zero-order chi connectivity index (χ0) is 25.6. The lowest BCUT2D eigenvalue weighted by atomic mass is 9.71. The van der Waals surface area contributed by atoms with Crippen molar-refractivity contribution in [3.63, 3.8) is 0 Å². The molecule has 0 aliphatic carbocycles. The van der Waals surface area contributed by atoms with Gasteiger partial charge in [0.15, 0.2) is 0 Å². The number of likely N-dealkylation sites (tertiary alicyclic amines) is 3. The van der Waals surface area contributed by atoms with Crippen molar-refractivity contribution in [2.24, 2.45) is 17.3 Å². The second kappa shape index (κ2) is 9.49. The highest BCUT2D eigenvalue weighted by atomic mass is 16.2. The van der Waals surface area contributed by atoms with E-state index in [1.807, 2.05) is 23.2 Å². The van der Waals surface area contributed by atoms with Gasteiger partial charge >= 0.3 is 0 Å². The highest BCUT2D eigenvalue weighted by Gasteiger charge is 2.58. The summed E-state index contributed by atoms with van der Waals surface area (Å²) in [6, 6.07) is 16.8. The Bertz CT molecular complexity index is 1340. The molecule has 0 bridgehead atoms. The van der Waals surface area contributed by atoms with Crippen LogP contribution in [0.25, 0.3) is 17.0 Å². The van der Waals surface area contributed by atoms with E-state index in [0.29, 0.717) is 19.0 Å². The molecule has 2 atom stereocenters. The van der Waals surface area contributed by atoms with Gasteiger partial charge in [-0.1, -0.05) is 49.4 Å². The molecule has 3 fully saturated rings. The van der Waals surface area contributed by atoms with Crippen LogP contribution in [0.1, 0.15) is 30.0 Å². The lowest BCUT2D eigenvalue weighted by Gasteiger charge is -2.50. The van der Waals surface area contributed by atoms with Crippen LogP contribution in [0.3, 0.4) is 0 Å². The number of H-pyrrole nitrogens is 1. The number of hydrogen-bond donors (Lipinski definition) is 1. The van der Waals surface area contributed by atoms with E-state index in [9.17, 15) is 9.59 Å². The standard InChI is InChI=1S/C31H36N4O2/c1-22-8-10-26-25(15-32-28(26)14-22)9-11-29(36)35-20-31(21-35)19-33(17-24-6-4-3-5-7-24)18-27(31)30(37)34-13-12-23(2)16-34/h3-11,14-15,23,27,32H,12-13,16-21H2,1-2H3/b11-9+/t23-,27?/m0/s1. The number of carbonyl (C=O) groups excluding carboxylic acids is 2. The molecule has 1 unspecified atom stereocenters. The molecule has 6 heteroatoms. The van der Waals surface area contributed by atoms with Gasteiger partial charge in [-0.15, -0.1) is 0 Å². The molecule has 3 saturated heterocycles. The fourth-order valence-electron chi connectivity index (χ4n) is 6.59. The van der Waals surface area contributed by atoms with Crippen LogP contribution in [0.15, 0.2) is 60.8 Å². The molecule has 3 aliphatic rings. The summed E-state index contributed by atoms with van der Waals surface area (Å²) in [6.45, 7) is 9.79. The van der Waals surface area contributed by atoms with Crippen LogP contribution < -0.4 is 0 Å². The van der Waals surface area contributed by atoms with Gasteiger partial charge in [0.2, 0.25) is 11.8 Å². The van der Waals surface area contributed by atoms with Crippen molar-refractivity contribution in [3.8, 4) is 0 Å². The van der Waals surface area contributed by atoms with Crippen molar-refractivity contribution in [1.29, 1.82) is 0 Å². The van der Waals surface area contributed by atoms with Gasteiger partial charge in [0.1, 0.15) is 0 Å². The summed E-state index contributed by atoms with van der Waals surface area (Å²) in [4.78, 5) is 36.5. The fourth-order valence-corrected chi connectivity index (χ4v) is 6.59. The largest absolute Gasteiger partial charge is 0.361 e. The number of fused-ring (bicyclic) bond motifs is 1. The number of hydrogen-bond acceptors (Lipinski definition) is 3. The molecule has 2 amide bonds. The molecule has 0 saturated carbocycles. The van der Waals surface area contributed by atoms with Gasteiger partial charge in [0.05, 0.1) is 5.92 Å². The van der Waals surface area contributed by atoms with Crippen LogP contribution in [0.5, 0.6) is 0 Å². The lowest BCUT2D eigenvalue weighted by Crippen LogP contribution is -2.63. The first-order chi connectivity index (χ1) is 17.9. The zero-order valence-corrected chi connectivity index (χ0v) is 21.8. The van der Waals surface area contributed by atoms with E-state index >= 15 is 0 Å². The van der Waals surface area contributed by atoms with E-state index in [0.717, 1.165) is 55.6 Å². The van der Waals surface area contributed by atoms with E-state index in [2.05, 4.69) is 71.1 Å². The van der Waals surface area contributed by atoms with Gasteiger partial charge in [0.25, 0.3) is 0 Å². The number of carbonyl (C=O) groups is 2. The fraction of sp³-hybridized carbons (Fsp3) is 0.419. The third kappa shape index (κ3) is 4.59. The minimum absolute atomic E-state index is 0.0228. The Morgan fingerprint density at radius 3 is 2.62 bits per heavy atom. The predicted octanol–water partition coefficient (Wildman–Crippen LogP) is 4.32. The van der Waals surface area contributed by atoms with Crippen molar-refractivity contribution in [3.05, 3.63) is 77.5 Å². The minimum Gasteiger partial charge on any atom is -0.361 e. The Hall–Kier alpha value is -3.38. The molecule has 1 spiro atoms. The van der Waals surface area contributed by atoms with Crippen LogP contribution in [0.2, 0.25) is 0 Å². The summed E-state index contributed by atoms with van der Waals surface area (Å²) in [5.74, 6) is 0.831. The molecule has 6 nitrogen and oxygen atoms in total. The third-order valence-corrected chi connectivity index (χ3v) is 8.60. The van der Waals surface area contributed by atoms with Gasteiger partial charge in [-0.05, 0) is 48.1 Å². The van der Waals surface area contributed by atoms with Crippen LogP contribution >= 0.6 is 0 Å². The lowest BCUT2D eigenvalue weighted by molar-refractivity contribution is -0.150. The van der Waals surface area contributed by atoms with Crippen molar-refractivity contribution < 1.29 is 9.59 Å². The van der Waals surface area contributed by atoms with Crippen LogP contribution in [0, 0.1) is 24.2 Å². The van der Waals surface area contributed by atoms with Crippen molar-refractivity contribution >= 4 is 28.8 Å². The third-order valence-electron chi connectivity index (χ3n) is 8.60. The smallest absolute Gasteiger partial charge is 0.246 e. The second-order valence-electron chi connectivity index (χ2n) is 11.6. The normalized spacial score (nSPS) is 23.4. The molecular weight excluding hydrogens is 460 g/mol. The maximum atomic E-state index is 13.7. The van der Waals surface area contributed by atoms with Gasteiger partial charge in [-0.2, -0.15) is 0 Å². The number of aromatic amines is 1. The highest BCUT2D eigenvalue weighted by molar-refractivity contribution is 5.97. The van der Waals surface area contributed by atoms with Gasteiger partial charge in [0, 0.05) is 74.4 Å². The van der Waals surface area contributed by atoms with E-state index in [4.69, 9.17) is 0 Å². The summed E-state index contributed by atoms with van der Waals surface area (Å²) < 4.78 is 0. The first-order valence-electron chi connectivity index (χ1n) is 13.5. The van der Waals surface area contributed by atoms with Crippen LogP contribution in [-0.4, -0.2) is 70.8 Å². The molecule has 37 heavy (non-hydrogen) atoms. The maximum absolute atomic E-state index is 13.7. The zero-order valence-electron chi connectivity index (χ0n) is 21.8. The first-order valence-corrected chi connectivity index (χ1v) is 13.5. The molecule has 3 aromatic rings. The number of aromatic nitrogens is 1. The summed E-state index contributed by atoms with van der Waals surface area (Å²) in [5, 5.41) is 1.12. The van der Waals surface area contributed by atoms with Gasteiger partial charge < -0.3 is 14.8 Å². The average Bonchev–Trinajstić information content (AvgIpc) is 3.58. The molecule has 2 aromatic carbocycles. The number of nitrogens with one attached hydrogen (secondary N) is 1. The average molecular weight is 497 g/mol. The number of rotatable bonds is 5. The van der Waals surface area contributed by atoms with Crippen molar-refractivity contribution in [2.45, 2.75) is 26.8 Å². The van der Waals surface area contributed by atoms with E-state index in [-0.39, 0.29) is 23.1 Å². The van der Waals surface area contributed by atoms with Gasteiger partial charge in [-0.3, -0.25) is 14.5 Å². The maximum Gasteiger partial charge on any atom is 0.246 e. The monoisotopic (exact) mass is 496 g/mol. The summed E-state index contributed by atoms with van der Waals surface area (Å²) >= 11 is 0. The Morgan fingerprint density at radius 2 is 1.86 bits per heavy atom. The second-order valence-corrected chi connectivity index (χ2v) is 11.6. The SMILES string of the molecule is Cc1ccc2c(/C=C/C(=O)N3CC4(CN(Cc5ccccc5)CC4C(=O)N4CC[C@H](C)C4)C3)c[nH]c2c1. The molecule has 192 valence electrons. The van der Waals surface area contributed by atoms with E-state index in [1.54, 1.807) is 6.08 Å². The number of nitrogens with zero attached hydrogens (tertiary/aromatic N) is 3. The molecule has 6 rings (SSSR count). The Kier molecular flexibility index (Phi) is 6.15. The molecular formula is C31H36N4O2. The molecule has 1 aromatic heterocycles. The summed E-state index contributed by atoms with van der Waals surface area (Å²) in [6.07, 6.45) is 6.63. The highest BCUT2D eigenvalue weighted by Crippen LogP contribution is 2.45. The van der Waals surface area contributed by atoms with Crippen molar-refractivity contribution in [2.75, 3.05) is 39.3 Å².